The maximum Gasteiger partial charge on any atom is 0.123 e. The molecule has 0 saturated heterocycles. The number of benzene rings is 4. The summed E-state index contributed by atoms with van der Waals surface area (Å²) in [6, 6.07) is 28.1. The fourth-order valence-corrected chi connectivity index (χ4v) is 2.93. The van der Waals surface area contributed by atoms with E-state index in [0.29, 0.717) is 0 Å². The Morgan fingerprint density at radius 2 is 0.812 bits per heavy atom. The third-order valence-electron chi connectivity index (χ3n) is 4.66. The summed E-state index contributed by atoms with van der Waals surface area (Å²) < 4.78 is 25.8. The Kier molecular flexibility index (Phi) is 6.63. The van der Waals surface area contributed by atoms with Gasteiger partial charge in [-0.2, -0.15) is 10.2 Å². The molecule has 0 fully saturated rings. The van der Waals surface area contributed by atoms with Gasteiger partial charge in [0.2, 0.25) is 0 Å². The molecule has 0 aromatic heterocycles. The predicted octanol–water partition coefficient (Wildman–Crippen LogP) is 6.52. The SMILES string of the molecule is Fc1ccc(N/N=C/c2ccc(-c3ccc(/C=N/Nc4ccc(F)cc4)cc3)cc2)cc1. The van der Waals surface area contributed by atoms with Gasteiger partial charge in [-0.1, -0.05) is 48.5 Å². The molecule has 0 atom stereocenters. The van der Waals surface area contributed by atoms with Crippen LogP contribution in [-0.4, -0.2) is 12.4 Å². The van der Waals surface area contributed by atoms with E-state index in [0.717, 1.165) is 33.6 Å². The lowest BCUT2D eigenvalue weighted by molar-refractivity contribution is 0.627. The van der Waals surface area contributed by atoms with Crippen molar-refractivity contribution in [2.75, 3.05) is 10.9 Å². The smallest absolute Gasteiger partial charge is 0.123 e. The van der Waals surface area contributed by atoms with Gasteiger partial charge in [0.15, 0.2) is 0 Å². The number of nitrogens with one attached hydrogen (secondary N) is 2. The lowest BCUT2D eigenvalue weighted by Gasteiger charge is -2.04. The maximum atomic E-state index is 12.9. The molecule has 0 aliphatic heterocycles. The Morgan fingerprint density at radius 1 is 0.469 bits per heavy atom. The lowest BCUT2D eigenvalue weighted by Crippen LogP contribution is -1.91. The van der Waals surface area contributed by atoms with Crippen LogP contribution in [0, 0.1) is 11.6 Å². The van der Waals surface area contributed by atoms with Gasteiger partial charge >= 0.3 is 0 Å². The average molecular weight is 426 g/mol. The minimum Gasteiger partial charge on any atom is -0.279 e. The molecular formula is C26H20F2N4. The van der Waals surface area contributed by atoms with Gasteiger partial charge < -0.3 is 0 Å². The number of rotatable bonds is 7. The van der Waals surface area contributed by atoms with Crippen LogP contribution < -0.4 is 10.9 Å². The average Bonchev–Trinajstić information content (AvgIpc) is 2.83. The Hall–Kier alpha value is -4.32. The van der Waals surface area contributed by atoms with Crippen molar-refractivity contribution in [1.82, 2.24) is 0 Å². The molecule has 0 bridgehead atoms. The molecule has 0 aliphatic carbocycles. The summed E-state index contributed by atoms with van der Waals surface area (Å²) in [5, 5.41) is 8.35. The predicted molar refractivity (Wildman–Crippen MR) is 127 cm³/mol. The third kappa shape index (κ3) is 5.86. The first-order chi connectivity index (χ1) is 15.7. The van der Waals surface area contributed by atoms with Crippen LogP contribution >= 0.6 is 0 Å². The van der Waals surface area contributed by atoms with E-state index >= 15 is 0 Å². The van der Waals surface area contributed by atoms with E-state index in [1.54, 1.807) is 36.7 Å². The van der Waals surface area contributed by atoms with Crippen LogP contribution in [0.15, 0.2) is 107 Å². The van der Waals surface area contributed by atoms with Gasteiger partial charge in [0.25, 0.3) is 0 Å². The summed E-state index contributed by atoms with van der Waals surface area (Å²) in [6.07, 6.45) is 3.42. The summed E-state index contributed by atoms with van der Waals surface area (Å²) in [7, 11) is 0. The van der Waals surface area contributed by atoms with Gasteiger partial charge in [-0.15, -0.1) is 0 Å². The molecule has 0 aliphatic rings. The number of hydrogen-bond donors (Lipinski definition) is 2. The monoisotopic (exact) mass is 426 g/mol. The molecule has 158 valence electrons. The number of nitrogens with zero attached hydrogens (tertiary/aromatic N) is 2. The van der Waals surface area contributed by atoms with Crippen molar-refractivity contribution in [2.45, 2.75) is 0 Å². The molecule has 4 rings (SSSR count). The second kappa shape index (κ2) is 10.1. The van der Waals surface area contributed by atoms with Gasteiger partial charge in [0, 0.05) is 0 Å². The molecule has 4 nitrogen and oxygen atoms in total. The first kappa shape index (κ1) is 20.9. The van der Waals surface area contributed by atoms with Crippen LogP contribution in [0.2, 0.25) is 0 Å². The zero-order valence-corrected chi connectivity index (χ0v) is 17.0. The minimum atomic E-state index is -0.280. The molecule has 0 radical (unpaired) electrons. The van der Waals surface area contributed by atoms with E-state index in [1.165, 1.54) is 24.3 Å². The number of halogens is 2. The van der Waals surface area contributed by atoms with Gasteiger partial charge in [-0.05, 0) is 70.8 Å². The quantitative estimate of drug-likeness (QED) is 0.261. The topological polar surface area (TPSA) is 48.8 Å². The second-order valence-corrected chi connectivity index (χ2v) is 7.00. The highest BCUT2D eigenvalue weighted by atomic mass is 19.1. The number of hydrogen-bond acceptors (Lipinski definition) is 4. The molecule has 0 saturated carbocycles. The van der Waals surface area contributed by atoms with E-state index in [9.17, 15) is 8.78 Å². The molecule has 0 spiro atoms. The zero-order chi connectivity index (χ0) is 22.2. The van der Waals surface area contributed by atoms with Crippen LogP contribution in [0.1, 0.15) is 11.1 Å². The Balaban J connectivity index is 1.33. The normalized spacial score (nSPS) is 11.2. The molecular weight excluding hydrogens is 406 g/mol. The van der Waals surface area contributed by atoms with Crippen LogP contribution in [0.25, 0.3) is 11.1 Å². The first-order valence-corrected chi connectivity index (χ1v) is 9.95. The maximum absolute atomic E-state index is 12.9. The fraction of sp³-hybridized carbons (Fsp3) is 0. The van der Waals surface area contributed by atoms with E-state index in [4.69, 9.17) is 0 Å². The highest BCUT2D eigenvalue weighted by Crippen LogP contribution is 2.20. The zero-order valence-electron chi connectivity index (χ0n) is 17.0. The molecule has 6 heteroatoms. The van der Waals surface area contributed by atoms with Crippen LogP contribution in [0.5, 0.6) is 0 Å². The van der Waals surface area contributed by atoms with Crippen molar-refractivity contribution < 1.29 is 8.78 Å². The summed E-state index contributed by atoms with van der Waals surface area (Å²) in [6.45, 7) is 0. The summed E-state index contributed by atoms with van der Waals surface area (Å²) in [5.74, 6) is -0.561. The molecule has 0 unspecified atom stereocenters. The van der Waals surface area contributed by atoms with Crippen molar-refractivity contribution >= 4 is 23.8 Å². The lowest BCUT2D eigenvalue weighted by atomic mass is 10.0. The van der Waals surface area contributed by atoms with Crippen molar-refractivity contribution in [3.8, 4) is 11.1 Å². The highest BCUT2D eigenvalue weighted by Gasteiger charge is 1.98. The fourth-order valence-electron chi connectivity index (χ4n) is 2.93. The Bertz CT molecular complexity index is 1100. The van der Waals surface area contributed by atoms with Crippen LogP contribution in [0.3, 0.4) is 0 Å². The largest absolute Gasteiger partial charge is 0.279 e. The van der Waals surface area contributed by atoms with Crippen molar-refractivity contribution in [1.29, 1.82) is 0 Å². The Labute approximate surface area is 184 Å². The summed E-state index contributed by atoms with van der Waals surface area (Å²) in [5.41, 5.74) is 11.2. The van der Waals surface area contributed by atoms with E-state index in [-0.39, 0.29) is 11.6 Å². The second-order valence-electron chi connectivity index (χ2n) is 7.00. The molecule has 0 amide bonds. The van der Waals surface area contributed by atoms with Gasteiger partial charge in [0.1, 0.15) is 11.6 Å². The summed E-state index contributed by atoms with van der Waals surface area (Å²) >= 11 is 0. The summed E-state index contributed by atoms with van der Waals surface area (Å²) in [4.78, 5) is 0. The van der Waals surface area contributed by atoms with Crippen LogP contribution in [-0.2, 0) is 0 Å². The van der Waals surface area contributed by atoms with Crippen LogP contribution in [0.4, 0.5) is 20.2 Å². The van der Waals surface area contributed by atoms with Gasteiger partial charge in [-0.3, -0.25) is 10.9 Å². The van der Waals surface area contributed by atoms with Gasteiger partial charge in [-0.25, -0.2) is 8.78 Å². The molecule has 32 heavy (non-hydrogen) atoms. The number of anilines is 2. The van der Waals surface area contributed by atoms with Crippen molar-refractivity contribution in [2.24, 2.45) is 10.2 Å². The van der Waals surface area contributed by atoms with Crippen molar-refractivity contribution in [3.63, 3.8) is 0 Å². The third-order valence-corrected chi connectivity index (χ3v) is 4.66. The van der Waals surface area contributed by atoms with E-state index in [2.05, 4.69) is 21.1 Å². The molecule has 2 N–H and O–H groups in total. The highest BCUT2D eigenvalue weighted by molar-refractivity contribution is 5.83. The Morgan fingerprint density at radius 3 is 1.16 bits per heavy atom. The minimum absolute atomic E-state index is 0.280. The van der Waals surface area contributed by atoms with Gasteiger partial charge in [0.05, 0.1) is 23.8 Å². The first-order valence-electron chi connectivity index (χ1n) is 9.95. The molecule has 0 heterocycles. The van der Waals surface area contributed by atoms with E-state index in [1.807, 2.05) is 48.5 Å². The van der Waals surface area contributed by atoms with Crippen molar-refractivity contribution in [3.05, 3.63) is 120 Å². The number of hydrazone groups is 2. The molecule has 4 aromatic rings. The van der Waals surface area contributed by atoms with E-state index < -0.39 is 0 Å². The standard InChI is InChI=1S/C26H20F2N4/c27-23-9-13-25(14-10-23)31-29-17-19-1-5-21(6-2-19)22-7-3-20(4-8-22)18-30-32-26-15-11-24(28)12-16-26/h1-18,31-32H/b29-17+,30-18+. The molecule has 4 aromatic carbocycles.